The van der Waals surface area contributed by atoms with Crippen LogP contribution in [0.1, 0.15) is 11.5 Å². The molecule has 7 heteroatoms. The van der Waals surface area contributed by atoms with Crippen LogP contribution in [0, 0.1) is 12.7 Å². The van der Waals surface area contributed by atoms with Gasteiger partial charge in [0.2, 0.25) is 0 Å². The highest BCUT2D eigenvalue weighted by atomic mass is 79.9. The van der Waals surface area contributed by atoms with E-state index in [9.17, 15) is 4.39 Å². The maximum absolute atomic E-state index is 14.4. The molecule has 4 nitrogen and oxygen atoms in total. The Hall–Kier alpha value is -1.40. The Morgan fingerprint density at radius 1 is 1.38 bits per heavy atom. The Morgan fingerprint density at radius 2 is 2.14 bits per heavy atom. The molecule has 0 N–H and O–H groups in total. The summed E-state index contributed by atoms with van der Waals surface area (Å²) in [5.74, 6) is 0.837. The minimum atomic E-state index is -0.321. The second-order valence-electron chi connectivity index (χ2n) is 4.78. The van der Waals surface area contributed by atoms with Gasteiger partial charge in [-0.1, -0.05) is 15.9 Å². The number of fused-ring (bicyclic) bond motifs is 1. The predicted octanol–water partition coefficient (Wildman–Crippen LogP) is 3.75. The van der Waals surface area contributed by atoms with E-state index in [1.165, 1.54) is 6.07 Å². The van der Waals surface area contributed by atoms with Gasteiger partial charge in [0.15, 0.2) is 5.65 Å². The topological polar surface area (TPSA) is 35.6 Å². The quantitative estimate of drug-likeness (QED) is 0.657. The van der Waals surface area contributed by atoms with E-state index < -0.39 is 0 Å². The van der Waals surface area contributed by atoms with E-state index in [1.54, 1.807) is 21.4 Å². The van der Waals surface area contributed by atoms with Crippen LogP contribution in [-0.4, -0.2) is 25.2 Å². The Kier molecular flexibility index (Phi) is 3.75. The van der Waals surface area contributed by atoms with Crippen molar-refractivity contribution in [2.24, 2.45) is 7.05 Å². The highest BCUT2D eigenvalue weighted by molar-refractivity contribution is 9.10. The summed E-state index contributed by atoms with van der Waals surface area (Å²) < 4.78 is 18.6. The van der Waals surface area contributed by atoms with E-state index in [0.717, 1.165) is 22.7 Å². The van der Waals surface area contributed by atoms with Gasteiger partial charge >= 0.3 is 0 Å². The van der Waals surface area contributed by atoms with Crippen LogP contribution in [0.4, 0.5) is 4.39 Å². The fraction of sp³-hybridized carbons (Fsp3) is 0.286. The SMILES string of the molecule is Cc1nn(C)c2c1nc(CCCl)n2-c1ccc(Br)cc1F. The zero-order valence-corrected chi connectivity index (χ0v) is 13.9. The Balaban J connectivity index is 2.35. The van der Waals surface area contributed by atoms with Crippen molar-refractivity contribution in [3.63, 3.8) is 0 Å². The molecule has 3 rings (SSSR count). The summed E-state index contributed by atoms with van der Waals surface area (Å²) in [7, 11) is 1.83. The van der Waals surface area contributed by atoms with Gasteiger partial charge in [-0.05, 0) is 25.1 Å². The highest BCUT2D eigenvalue weighted by Gasteiger charge is 2.20. The summed E-state index contributed by atoms with van der Waals surface area (Å²) >= 11 is 9.13. The summed E-state index contributed by atoms with van der Waals surface area (Å²) in [6, 6.07) is 4.97. The van der Waals surface area contributed by atoms with Crippen molar-refractivity contribution in [2.75, 3.05) is 5.88 Å². The minimum Gasteiger partial charge on any atom is -0.278 e. The van der Waals surface area contributed by atoms with E-state index in [4.69, 9.17) is 11.6 Å². The Morgan fingerprint density at radius 3 is 2.81 bits per heavy atom. The molecule has 0 aliphatic rings. The van der Waals surface area contributed by atoms with Crippen LogP contribution in [-0.2, 0) is 13.5 Å². The van der Waals surface area contributed by atoms with Crippen molar-refractivity contribution in [2.45, 2.75) is 13.3 Å². The molecule has 110 valence electrons. The first kappa shape index (κ1) is 14.5. The molecule has 0 atom stereocenters. The van der Waals surface area contributed by atoms with E-state index in [2.05, 4.69) is 26.0 Å². The van der Waals surface area contributed by atoms with Gasteiger partial charge in [-0.15, -0.1) is 11.6 Å². The van der Waals surface area contributed by atoms with Crippen LogP contribution in [0.3, 0.4) is 0 Å². The molecule has 0 saturated carbocycles. The monoisotopic (exact) mass is 370 g/mol. The molecule has 0 radical (unpaired) electrons. The molecule has 2 heterocycles. The van der Waals surface area contributed by atoms with Crippen molar-refractivity contribution < 1.29 is 4.39 Å². The number of aromatic nitrogens is 4. The van der Waals surface area contributed by atoms with Gasteiger partial charge < -0.3 is 0 Å². The summed E-state index contributed by atoms with van der Waals surface area (Å²) in [4.78, 5) is 4.58. The highest BCUT2D eigenvalue weighted by Crippen LogP contribution is 2.27. The zero-order chi connectivity index (χ0) is 15.1. The van der Waals surface area contributed by atoms with Crippen LogP contribution < -0.4 is 0 Å². The second kappa shape index (κ2) is 5.42. The molecule has 0 aliphatic heterocycles. The first-order valence-electron chi connectivity index (χ1n) is 6.45. The van der Waals surface area contributed by atoms with E-state index in [1.807, 2.05) is 14.0 Å². The standard InChI is InChI=1S/C14H13BrClFN4/c1-8-13-14(20(2)19-8)21(12(18-13)5-6-16)11-4-3-9(15)7-10(11)17/h3-4,7H,5-6H2,1-2H3. The van der Waals surface area contributed by atoms with Crippen LogP contribution >= 0.6 is 27.5 Å². The van der Waals surface area contributed by atoms with Crippen LogP contribution in [0.5, 0.6) is 0 Å². The Labute approximate surface area is 134 Å². The molecule has 2 aromatic heterocycles. The number of rotatable bonds is 3. The van der Waals surface area contributed by atoms with Gasteiger partial charge in [0.1, 0.15) is 17.2 Å². The van der Waals surface area contributed by atoms with E-state index in [0.29, 0.717) is 22.5 Å². The van der Waals surface area contributed by atoms with Crippen molar-refractivity contribution in [1.82, 2.24) is 19.3 Å². The summed E-state index contributed by atoms with van der Waals surface area (Å²) in [6.07, 6.45) is 0.561. The predicted molar refractivity (Wildman–Crippen MR) is 84.7 cm³/mol. The van der Waals surface area contributed by atoms with Crippen molar-refractivity contribution in [1.29, 1.82) is 0 Å². The molecular weight excluding hydrogens is 359 g/mol. The molecule has 0 amide bonds. The molecule has 1 aromatic carbocycles. The second-order valence-corrected chi connectivity index (χ2v) is 6.07. The van der Waals surface area contributed by atoms with Gasteiger partial charge in [0.05, 0.1) is 11.4 Å². The number of hydrogen-bond acceptors (Lipinski definition) is 2. The maximum Gasteiger partial charge on any atom is 0.163 e. The van der Waals surface area contributed by atoms with Crippen molar-refractivity contribution in [3.05, 3.63) is 40.0 Å². The van der Waals surface area contributed by atoms with Gasteiger partial charge in [0, 0.05) is 23.8 Å². The molecule has 0 bridgehead atoms. The lowest BCUT2D eigenvalue weighted by Crippen LogP contribution is -2.07. The minimum absolute atomic E-state index is 0.321. The molecule has 0 spiro atoms. The zero-order valence-electron chi connectivity index (χ0n) is 11.6. The molecule has 0 aliphatic carbocycles. The molecular formula is C14H13BrClFN4. The van der Waals surface area contributed by atoms with Gasteiger partial charge in [-0.3, -0.25) is 4.57 Å². The number of benzene rings is 1. The van der Waals surface area contributed by atoms with Gasteiger partial charge in [-0.25, -0.2) is 14.1 Å². The molecule has 0 fully saturated rings. The fourth-order valence-electron chi connectivity index (χ4n) is 2.49. The fourth-order valence-corrected chi connectivity index (χ4v) is 2.99. The van der Waals surface area contributed by atoms with Crippen molar-refractivity contribution in [3.8, 4) is 5.69 Å². The third-order valence-electron chi connectivity index (χ3n) is 3.34. The summed E-state index contributed by atoms with van der Waals surface area (Å²) in [5.41, 5.74) is 2.82. The lowest BCUT2D eigenvalue weighted by atomic mass is 10.3. The third-order valence-corrected chi connectivity index (χ3v) is 4.02. The molecule has 21 heavy (non-hydrogen) atoms. The van der Waals surface area contributed by atoms with E-state index >= 15 is 0 Å². The Bertz CT molecular complexity index is 824. The molecule has 0 unspecified atom stereocenters. The van der Waals surface area contributed by atoms with E-state index in [-0.39, 0.29) is 5.82 Å². The number of aryl methyl sites for hydroxylation is 3. The number of hydrogen-bond donors (Lipinski definition) is 0. The number of alkyl halides is 1. The summed E-state index contributed by atoms with van der Waals surface area (Å²) in [5, 5.41) is 4.35. The number of nitrogens with zero attached hydrogens (tertiary/aromatic N) is 4. The normalized spacial score (nSPS) is 11.5. The van der Waals surface area contributed by atoms with Crippen LogP contribution in [0.2, 0.25) is 0 Å². The summed E-state index contributed by atoms with van der Waals surface area (Å²) in [6.45, 7) is 1.89. The smallest absolute Gasteiger partial charge is 0.163 e. The lowest BCUT2D eigenvalue weighted by Gasteiger charge is -2.10. The van der Waals surface area contributed by atoms with Gasteiger partial charge in [-0.2, -0.15) is 5.10 Å². The average molecular weight is 372 g/mol. The number of imidazole rings is 1. The molecule has 0 saturated heterocycles. The molecule has 3 aromatic rings. The van der Waals surface area contributed by atoms with Crippen LogP contribution in [0.15, 0.2) is 22.7 Å². The first-order valence-corrected chi connectivity index (χ1v) is 7.78. The van der Waals surface area contributed by atoms with Crippen molar-refractivity contribution >= 4 is 38.7 Å². The largest absolute Gasteiger partial charge is 0.278 e. The van der Waals surface area contributed by atoms with Gasteiger partial charge in [0.25, 0.3) is 0 Å². The maximum atomic E-state index is 14.4. The first-order chi connectivity index (χ1) is 10.0. The van der Waals surface area contributed by atoms with Crippen LogP contribution in [0.25, 0.3) is 16.9 Å². The third kappa shape index (κ3) is 2.36. The number of halogens is 3. The lowest BCUT2D eigenvalue weighted by molar-refractivity contribution is 0.613. The average Bonchev–Trinajstić information content (AvgIpc) is 2.90.